The summed E-state index contributed by atoms with van der Waals surface area (Å²) in [6, 6.07) is 8.54. The van der Waals surface area contributed by atoms with E-state index in [1.165, 1.54) is 17.4 Å². The second-order valence-electron chi connectivity index (χ2n) is 5.33. The molecular formula is C17H19ClFN2OS+. The molecule has 0 saturated heterocycles. The first-order chi connectivity index (χ1) is 11.0. The number of aryl methyl sites for hydroxylation is 1. The van der Waals surface area contributed by atoms with Crippen LogP contribution >= 0.6 is 22.9 Å². The van der Waals surface area contributed by atoms with Gasteiger partial charge in [-0.05, 0) is 42.8 Å². The molecule has 1 aromatic heterocycles. The Hall–Kier alpha value is -1.69. The van der Waals surface area contributed by atoms with Gasteiger partial charge in [-0.2, -0.15) is 0 Å². The summed E-state index contributed by atoms with van der Waals surface area (Å²) in [5.74, 6) is -0.652. The lowest BCUT2D eigenvalue weighted by Crippen LogP contribution is -3.11. The molecule has 0 spiro atoms. The number of quaternary nitrogens is 1. The molecule has 2 N–H and O–H groups in total. The molecule has 0 saturated carbocycles. The van der Waals surface area contributed by atoms with Crippen molar-refractivity contribution in [1.82, 2.24) is 0 Å². The van der Waals surface area contributed by atoms with Crippen LogP contribution in [-0.2, 0) is 11.3 Å². The average molecular weight is 354 g/mol. The molecular weight excluding hydrogens is 335 g/mol. The lowest BCUT2D eigenvalue weighted by Gasteiger charge is -2.17. The second-order valence-corrected chi connectivity index (χ2v) is 7.13. The first kappa shape index (κ1) is 17.7. The predicted molar refractivity (Wildman–Crippen MR) is 93.7 cm³/mol. The third-order valence-electron chi connectivity index (χ3n) is 3.30. The van der Waals surface area contributed by atoms with Gasteiger partial charge in [0.2, 0.25) is 0 Å². The lowest BCUT2D eigenvalue weighted by atomic mass is 10.2. The zero-order valence-corrected chi connectivity index (χ0v) is 14.4. The molecule has 122 valence electrons. The van der Waals surface area contributed by atoms with Gasteiger partial charge >= 0.3 is 0 Å². The van der Waals surface area contributed by atoms with Gasteiger partial charge in [0, 0.05) is 0 Å². The van der Waals surface area contributed by atoms with Crippen LogP contribution in [0.1, 0.15) is 10.4 Å². The summed E-state index contributed by atoms with van der Waals surface area (Å²) in [5, 5.41) is 2.63. The molecule has 2 rings (SSSR count). The number of halogens is 2. The van der Waals surface area contributed by atoms with Crippen LogP contribution in [0, 0.1) is 12.7 Å². The highest BCUT2D eigenvalue weighted by molar-refractivity contribution is 7.16. The number of anilines is 1. The van der Waals surface area contributed by atoms with Gasteiger partial charge in [-0.25, -0.2) is 4.39 Å². The average Bonchev–Trinajstić information content (AvgIpc) is 2.87. The van der Waals surface area contributed by atoms with Crippen LogP contribution in [0.3, 0.4) is 0 Å². The molecule has 1 amide bonds. The highest BCUT2D eigenvalue weighted by Crippen LogP contribution is 2.20. The van der Waals surface area contributed by atoms with Crippen molar-refractivity contribution >= 4 is 34.5 Å². The number of thiophene rings is 1. The van der Waals surface area contributed by atoms with Gasteiger partial charge < -0.3 is 10.2 Å². The molecule has 0 radical (unpaired) electrons. The monoisotopic (exact) mass is 353 g/mol. The van der Waals surface area contributed by atoms with Crippen molar-refractivity contribution in [2.75, 3.05) is 18.4 Å². The van der Waals surface area contributed by atoms with E-state index in [0.29, 0.717) is 13.1 Å². The Bertz CT molecular complexity index is 702. The predicted octanol–water partition coefficient (Wildman–Crippen LogP) is 3.06. The molecule has 23 heavy (non-hydrogen) atoms. The van der Waals surface area contributed by atoms with E-state index < -0.39 is 5.82 Å². The number of carbonyl (C=O) groups excluding carboxylic acids is 1. The number of amides is 1. The van der Waals surface area contributed by atoms with E-state index in [4.69, 9.17) is 11.6 Å². The molecule has 2 aromatic rings. The highest BCUT2D eigenvalue weighted by Gasteiger charge is 2.16. The van der Waals surface area contributed by atoms with Crippen LogP contribution in [0.25, 0.3) is 0 Å². The zero-order valence-electron chi connectivity index (χ0n) is 12.9. The summed E-state index contributed by atoms with van der Waals surface area (Å²) in [5.41, 5.74) is 1.02. The molecule has 0 aliphatic rings. The van der Waals surface area contributed by atoms with Crippen molar-refractivity contribution < 1.29 is 14.1 Å². The Labute approximate surface area is 144 Å². The van der Waals surface area contributed by atoms with E-state index in [1.54, 1.807) is 25.1 Å². The number of hydrogen-bond acceptors (Lipinski definition) is 2. The highest BCUT2D eigenvalue weighted by atomic mass is 35.5. The minimum atomic E-state index is -0.423. The third-order valence-corrected chi connectivity index (χ3v) is 4.53. The first-order valence-electron chi connectivity index (χ1n) is 7.22. The Morgan fingerprint density at radius 3 is 2.83 bits per heavy atom. The summed E-state index contributed by atoms with van der Waals surface area (Å²) in [4.78, 5) is 14.3. The summed E-state index contributed by atoms with van der Waals surface area (Å²) < 4.78 is 14.5. The van der Waals surface area contributed by atoms with Gasteiger partial charge in [-0.15, -0.1) is 11.3 Å². The van der Waals surface area contributed by atoms with Crippen molar-refractivity contribution in [3.05, 3.63) is 63.6 Å². The zero-order chi connectivity index (χ0) is 16.8. The third kappa shape index (κ3) is 5.46. The first-order valence-corrected chi connectivity index (χ1v) is 8.42. The van der Waals surface area contributed by atoms with Crippen LogP contribution < -0.4 is 10.2 Å². The Kier molecular flexibility index (Phi) is 6.33. The molecule has 0 aliphatic heterocycles. The van der Waals surface area contributed by atoms with Gasteiger partial charge in [-0.1, -0.05) is 24.2 Å². The van der Waals surface area contributed by atoms with Crippen molar-refractivity contribution in [1.29, 1.82) is 0 Å². The fraction of sp³-hybridized carbons (Fsp3) is 0.235. The van der Waals surface area contributed by atoms with E-state index in [0.717, 1.165) is 19.7 Å². The van der Waals surface area contributed by atoms with Gasteiger partial charge in [0.05, 0.1) is 21.4 Å². The molecule has 1 heterocycles. The molecule has 1 atom stereocenters. The van der Waals surface area contributed by atoms with Crippen molar-refractivity contribution in [3.8, 4) is 0 Å². The number of benzene rings is 1. The number of hydrogen-bond donors (Lipinski definition) is 2. The largest absolute Gasteiger partial charge is 0.319 e. The maximum Gasteiger partial charge on any atom is 0.279 e. The van der Waals surface area contributed by atoms with Crippen molar-refractivity contribution in [2.24, 2.45) is 0 Å². The normalized spacial score (nSPS) is 12.0. The van der Waals surface area contributed by atoms with E-state index in [2.05, 4.69) is 11.9 Å². The van der Waals surface area contributed by atoms with Gasteiger partial charge in [0.25, 0.3) is 5.91 Å². The molecule has 0 fully saturated rings. The summed E-state index contributed by atoms with van der Waals surface area (Å²) in [6.07, 6.45) is 1.77. The standard InChI is InChI=1S/C17H18ClFN2OS/c1-3-8-21(10-13-5-7-16(18)23-13)11-17(22)20-15-6-4-12(2)9-14(15)19/h3-7,9H,1,8,10-11H2,2H3,(H,20,22)/p+1. The van der Waals surface area contributed by atoms with E-state index >= 15 is 0 Å². The Balaban J connectivity index is 1.98. The minimum Gasteiger partial charge on any atom is -0.319 e. The van der Waals surface area contributed by atoms with Crippen LogP contribution in [0.2, 0.25) is 4.34 Å². The fourth-order valence-electron chi connectivity index (χ4n) is 2.25. The number of nitrogens with one attached hydrogen (secondary N) is 2. The van der Waals surface area contributed by atoms with Crippen LogP contribution in [-0.4, -0.2) is 19.0 Å². The molecule has 3 nitrogen and oxygen atoms in total. The molecule has 0 bridgehead atoms. The van der Waals surface area contributed by atoms with E-state index in [-0.39, 0.29) is 18.1 Å². The topological polar surface area (TPSA) is 33.5 Å². The Morgan fingerprint density at radius 1 is 1.43 bits per heavy atom. The van der Waals surface area contributed by atoms with Crippen LogP contribution in [0.5, 0.6) is 0 Å². The van der Waals surface area contributed by atoms with Crippen LogP contribution in [0.15, 0.2) is 43.0 Å². The minimum absolute atomic E-state index is 0.206. The maximum absolute atomic E-state index is 13.8. The molecule has 6 heteroatoms. The quantitative estimate of drug-likeness (QED) is 0.737. The van der Waals surface area contributed by atoms with Crippen molar-refractivity contribution in [3.63, 3.8) is 0 Å². The smallest absolute Gasteiger partial charge is 0.279 e. The maximum atomic E-state index is 13.8. The summed E-state index contributed by atoms with van der Waals surface area (Å²) >= 11 is 7.43. The van der Waals surface area contributed by atoms with E-state index in [1.807, 2.05) is 12.1 Å². The summed E-state index contributed by atoms with van der Waals surface area (Å²) in [7, 11) is 0. The van der Waals surface area contributed by atoms with E-state index in [9.17, 15) is 9.18 Å². The second kappa shape index (κ2) is 8.24. The molecule has 0 aliphatic carbocycles. The van der Waals surface area contributed by atoms with Gasteiger partial charge in [0.1, 0.15) is 12.4 Å². The van der Waals surface area contributed by atoms with Crippen LogP contribution in [0.4, 0.5) is 10.1 Å². The van der Waals surface area contributed by atoms with Crippen molar-refractivity contribution in [2.45, 2.75) is 13.5 Å². The Morgan fingerprint density at radius 2 is 2.22 bits per heavy atom. The lowest BCUT2D eigenvalue weighted by molar-refractivity contribution is -0.899. The SMILES string of the molecule is C=CC[NH+](CC(=O)Nc1ccc(C)cc1F)Cc1ccc(Cl)s1. The molecule has 1 aromatic carbocycles. The molecule has 1 unspecified atom stereocenters. The number of rotatable bonds is 7. The summed E-state index contributed by atoms with van der Waals surface area (Å²) in [6.45, 7) is 7.07. The van der Waals surface area contributed by atoms with Gasteiger partial charge in [-0.3, -0.25) is 4.79 Å². The fourth-order valence-corrected chi connectivity index (χ4v) is 3.41. The van der Waals surface area contributed by atoms with Gasteiger partial charge in [0.15, 0.2) is 6.54 Å². The number of carbonyl (C=O) groups is 1.